The van der Waals surface area contributed by atoms with Gasteiger partial charge in [0, 0.05) is 11.6 Å². The van der Waals surface area contributed by atoms with Crippen LogP contribution in [0.2, 0.25) is 0 Å². The monoisotopic (exact) mass is 361 g/mol. The lowest BCUT2D eigenvalue weighted by atomic mass is 9.95. The summed E-state index contributed by atoms with van der Waals surface area (Å²) in [4.78, 5) is 12.6. The van der Waals surface area contributed by atoms with Gasteiger partial charge >= 0.3 is 0 Å². The molecular weight excluding hydrogens is 338 g/mol. The number of carbonyl (C=O) groups excluding carboxylic acids is 1. The summed E-state index contributed by atoms with van der Waals surface area (Å²) in [5.74, 6) is 0.0496. The zero-order chi connectivity index (χ0) is 16.3. The highest BCUT2D eigenvalue weighted by molar-refractivity contribution is 7.89. The number of carbonyl (C=O) groups is 1. The summed E-state index contributed by atoms with van der Waals surface area (Å²) in [6.45, 7) is 2.19. The fourth-order valence-corrected chi connectivity index (χ4v) is 4.03. The molecule has 4 N–H and O–H groups in total. The number of sulfonamides is 1. The van der Waals surface area contributed by atoms with Crippen molar-refractivity contribution in [1.82, 2.24) is 4.72 Å². The summed E-state index contributed by atoms with van der Waals surface area (Å²) in [6.07, 6.45) is 2.82. The van der Waals surface area contributed by atoms with Crippen molar-refractivity contribution in [2.45, 2.75) is 31.1 Å². The van der Waals surface area contributed by atoms with Crippen molar-refractivity contribution in [3.63, 3.8) is 0 Å². The summed E-state index contributed by atoms with van der Waals surface area (Å²) >= 11 is 0. The van der Waals surface area contributed by atoms with Crippen LogP contribution in [0.1, 0.15) is 24.8 Å². The largest absolute Gasteiger partial charge is 0.330 e. The quantitative estimate of drug-likeness (QED) is 0.741. The second-order valence-electron chi connectivity index (χ2n) is 5.66. The van der Waals surface area contributed by atoms with Gasteiger partial charge in [0.1, 0.15) is 0 Å². The van der Waals surface area contributed by atoms with Crippen LogP contribution in [-0.4, -0.2) is 27.9 Å². The molecule has 1 fully saturated rings. The van der Waals surface area contributed by atoms with Gasteiger partial charge in [-0.25, -0.2) is 13.1 Å². The molecule has 0 saturated heterocycles. The van der Waals surface area contributed by atoms with Crippen molar-refractivity contribution in [2.75, 3.05) is 18.9 Å². The molecule has 2 atom stereocenters. The van der Waals surface area contributed by atoms with Gasteiger partial charge in [-0.1, -0.05) is 12.5 Å². The van der Waals surface area contributed by atoms with Crippen LogP contribution in [0, 0.1) is 18.8 Å². The lowest BCUT2D eigenvalue weighted by molar-refractivity contribution is -0.120. The first-order chi connectivity index (χ1) is 10.4. The number of hydrogen-bond donors (Lipinski definition) is 3. The molecule has 23 heavy (non-hydrogen) atoms. The third-order valence-corrected chi connectivity index (χ3v) is 5.96. The van der Waals surface area contributed by atoms with Gasteiger partial charge in [0.15, 0.2) is 0 Å². The highest BCUT2D eigenvalue weighted by atomic mass is 35.5. The standard InChI is InChI=1S/C15H23N3O3S.ClH/c1-10-13(7-4-8-14(10)22(20,21)17-2)18-15(19)12-6-3-5-11(12)9-16;/h4,7-8,11-12,17H,3,5-6,9,16H2,1-2H3,(H,18,19);1H/t11-,12-;/m1./s1. The minimum absolute atomic E-state index is 0. The van der Waals surface area contributed by atoms with Gasteiger partial charge in [-0.3, -0.25) is 4.79 Å². The van der Waals surface area contributed by atoms with Gasteiger partial charge in [-0.15, -0.1) is 12.4 Å². The molecule has 2 rings (SSSR count). The third kappa shape index (κ3) is 4.23. The first-order valence-electron chi connectivity index (χ1n) is 7.44. The summed E-state index contributed by atoms with van der Waals surface area (Å²) in [6, 6.07) is 4.87. The Labute approximate surface area is 143 Å². The predicted molar refractivity (Wildman–Crippen MR) is 93.2 cm³/mol. The molecule has 0 aromatic heterocycles. The van der Waals surface area contributed by atoms with Crippen LogP contribution in [0.3, 0.4) is 0 Å². The van der Waals surface area contributed by atoms with E-state index >= 15 is 0 Å². The molecule has 0 bridgehead atoms. The number of nitrogens with one attached hydrogen (secondary N) is 2. The summed E-state index contributed by atoms with van der Waals surface area (Å²) < 4.78 is 26.2. The Hall–Kier alpha value is -1.15. The Morgan fingerprint density at radius 2 is 2.04 bits per heavy atom. The van der Waals surface area contributed by atoms with Gasteiger partial charge in [-0.05, 0) is 57.0 Å². The molecule has 1 amide bonds. The van der Waals surface area contributed by atoms with E-state index in [0.717, 1.165) is 19.3 Å². The normalized spacial score (nSPS) is 20.8. The molecule has 0 heterocycles. The number of benzene rings is 1. The molecule has 6 nitrogen and oxygen atoms in total. The highest BCUT2D eigenvalue weighted by Gasteiger charge is 2.32. The van der Waals surface area contributed by atoms with Crippen LogP contribution in [-0.2, 0) is 14.8 Å². The third-order valence-electron chi connectivity index (χ3n) is 4.40. The Bertz CT molecular complexity index is 664. The topological polar surface area (TPSA) is 101 Å². The van der Waals surface area contributed by atoms with E-state index in [9.17, 15) is 13.2 Å². The van der Waals surface area contributed by atoms with E-state index < -0.39 is 10.0 Å². The van der Waals surface area contributed by atoms with E-state index in [4.69, 9.17) is 5.73 Å². The predicted octanol–water partition coefficient (Wildman–Crippen LogP) is 1.64. The SMILES string of the molecule is CNS(=O)(=O)c1cccc(NC(=O)[C@@H]2CCC[C@@H]2CN)c1C.Cl. The summed E-state index contributed by atoms with van der Waals surface area (Å²) in [5.41, 5.74) is 6.78. The number of nitrogens with two attached hydrogens (primary N) is 1. The molecule has 0 radical (unpaired) electrons. The van der Waals surface area contributed by atoms with E-state index in [-0.39, 0.29) is 35.0 Å². The van der Waals surface area contributed by atoms with Gasteiger partial charge in [0.2, 0.25) is 15.9 Å². The van der Waals surface area contributed by atoms with E-state index in [2.05, 4.69) is 10.0 Å². The number of amides is 1. The molecule has 1 aliphatic rings. The number of halogens is 1. The molecule has 0 aliphatic heterocycles. The minimum Gasteiger partial charge on any atom is -0.330 e. The smallest absolute Gasteiger partial charge is 0.240 e. The molecule has 1 aliphatic carbocycles. The average Bonchev–Trinajstić information content (AvgIpc) is 2.97. The maximum absolute atomic E-state index is 12.4. The molecular formula is C15H24ClN3O3S. The number of hydrogen-bond acceptors (Lipinski definition) is 4. The van der Waals surface area contributed by atoms with E-state index in [1.54, 1.807) is 19.1 Å². The maximum Gasteiger partial charge on any atom is 0.240 e. The van der Waals surface area contributed by atoms with Gasteiger partial charge in [0.25, 0.3) is 0 Å². The molecule has 0 spiro atoms. The van der Waals surface area contributed by atoms with Gasteiger partial charge in [0.05, 0.1) is 4.90 Å². The zero-order valence-electron chi connectivity index (χ0n) is 13.3. The molecule has 130 valence electrons. The van der Waals surface area contributed by atoms with E-state index in [0.29, 0.717) is 17.8 Å². The number of rotatable bonds is 5. The van der Waals surface area contributed by atoms with Gasteiger partial charge < -0.3 is 11.1 Å². The van der Waals surface area contributed by atoms with Crippen LogP contribution in [0.4, 0.5) is 5.69 Å². The first-order valence-corrected chi connectivity index (χ1v) is 8.93. The van der Waals surface area contributed by atoms with Crippen LogP contribution in [0.15, 0.2) is 23.1 Å². The second kappa shape index (κ2) is 8.10. The van der Waals surface area contributed by atoms with Crippen LogP contribution < -0.4 is 15.8 Å². The minimum atomic E-state index is -3.54. The summed E-state index contributed by atoms with van der Waals surface area (Å²) in [7, 11) is -2.18. The summed E-state index contributed by atoms with van der Waals surface area (Å²) in [5, 5.41) is 2.87. The Balaban J connectivity index is 0.00000264. The second-order valence-corrected chi connectivity index (χ2v) is 7.51. The first kappa shape index (κ1) is 19.9. The van der Waals surface area contributed by atoms with E-state index in [1.807, 2.05) is 0 Å². The molecule has 8 heteroatoms. The average molecular weight is 362 g/mol. The highest BCUT2D eigenvalue weighted by Crippen LogP contribution is 2.32. The van der Waals surface area contributed by atoms with Crippen molar-refractivity contribution in [3.8, 4) is 0 Å². The van der Waals surface area contributed by atoms with Crippen LogP contribution in [0.25, 0.3) is 0 Å². The van der Waals surface area contributed by atoms with Gasteiger partial charge in [-0.2, -0.15) is 0 Å². The Kier molecular flexibility index (Phi) is 7.01. The fourth-order valence-electron chi connectivity index (χ4n) is 3.04. The van der Waals surface area contributed by atoms with Crippen molar-refractivity contribution < 1.29 is 13.2 Å². The lowest BCUT2D eigenvalue weighted by Gasteiger charge is -2.19. The van der Waals surface area contributed by atoms with Crippen LogP contribution in [0.5, 0.6) is 0 Å². The maximum atomic E-state index is 12.4. The zero-order valence-corrected chi connectivity index (χ0v) is 15.0. The fraction of sp³-hybridized carbons (Fsp3) is 0.533. The van der Waals surface area contributed by atoms with Crippen molar-refractivity contribution in [1.29, 1.82) is 0 Å². The molecule has 1 aromatic rings. The lowest BCUT2D eigenvalue weighted by Crippen LogP contribution is -2.30. The Morgan fingerprint density at radius 1 is 1.35 bits per heavy atom. The molecule has 1 aromatic carbocycles. The van der Waals surface area contributed by atoms with Crippen molar-refractivity contribution >= 4 is 34.0 Å². The van der Waals surface area contributed by atoms with Crippen molar-refractivity contribution in [3.05, 3.63) is 23.8 Å². The van der Waals surface area contributed by atoms with Crippen molar-refractivity contribution in [2.24, 2.45) is 17.6 Å². The van der Waals surface area contributed by atoms with Crippen LogP contribution >= 0.6 is 12.4 Å². The molecule has 1 saturated carbocycles. The Morgan fingerprint density at radius 3 is 2.65 bits per heavy atom. The molecule has 0 unspecified atom stereocenters. The van der Waals surface area contributed by atoms with E-state index in [1.165, 1.54) is 13.1 Å². The number of anilines is 1.